The molecule has 1 fully saturated rings. The van der Waals surface area contributed by atoms with E-state index in [9.17, 15) is 30.8 Å². The molecule has 1 unspecified atom stereocenters. The van der Waals surface area contributed by atoms with Crippen LogP contribution in [0.25, 0.3) is 0 Å². The van der Waals surface area contributed by atoms with Gasteiger partial charge >= 0.3 is 0 Å². The summed E-state index contributed by atoms with van der Waals surface area (Å²) in [4.78, 5) is 9.44. The van der Waals surface area contributed by atoms with E-state index in [1.165, 1.54) is 0 Å². The minimum atomic E-state index is -5.02. The maximum Gasteiger partial charge on any atom is 0.249 e. The maximum absolute atomic E-state index is 14.0. The first-order valence-electron chi connectivity index (χ1n) is 6.35. The zero-order valence-corrected chi connectivity index (χ0v) is 12.6. The van der Waals surface area contributed by atoms with Crippen LogP contribution in [0.4, 0.5) is 17.6 Å². The molecule has 2 rings (SSSR count). The second-order valence-electron chi connectivity index (χ2n) is 4.79. The van der Waals surface area contributed by atoms with Crippen LogP contribution in [0, 0.1) is 23.3 Å². The van der Waals surface area contributed by atoms with Gasteiger partial charge in [0.2, 0.25) is 27.6 Å². The molecule has 128 valence electrons. The molecule has 23 heavy (non-hydrogen) atoms. The molecule has 0 bridgehead atoms. The van der Waals surface area contributed by atoms with Gasteiger partial charge in [0.15, 0.2) is 22.3 Å². The highest BCUT2D eigenvalue weighted by Gasteiger charge is 2.43. The topological polar surface area (TPSA) is 89.7 Å². The van der Waals surface area contributed by atoms with Crippen molar-refractivity contribution in [2.45, 2.75) is 23.8 Å². The number of carbonyl (C=O) groups is 1. The molecule has 0 aromatic heterocycles. The highest BCUT2D eigenvalue weighted by molar-refractivity contribution is 7.89. The van der Waals surface area contributed by atoms with Gasteiger partial charge in [-0.05, 0) is 12.8 Å². The van der Waals surface area contributed by atoms with Gasteiger partial charge in [0, 0.05) is 6.54 Å². The monoisotopic (exact) mass is 356 g/mol. The van der Waals surface area contributed by atoms with Crippen molar-refractivity contribution in [1.29, 1.82) is 0 Å². The fourth-order valence-corrected chi connectivity index (χ4v) is 4.21. The Bertz CT molecular complexity index is 740. The quantitative estimate of drug-likeness (QED) is 0.641. The lowest BCUT2D eigenvalue weighted by Crippen LogP contribution is -2.44. The van der Waals surface area contributed by atoms with E-state index in [1.807, 2.05) is 0 Å². The Kier molecular flexibility index (Phi) is 4.53. The second-order valence-corrected chi connectivity index (χ2v) is 6.62. The second kappa shape index (κ2) is 5.96. The van der Waals surface area contributed by atoms with Gasteiger partial charge in [0.1, 0.15) is 6.04 Å². The Labute approximate surface area is 128 Å². The van der Waals surface area contributed by atoms with E-state index in [-0.39, 0.29) is 19.4 Å². The number of rotatable bonds is 4. The van der Waals surface area contributed by atoms with Gasteiger partial charge in [-0.3, -0.25) is 4.79 Å². The number of hydrogen-bond acceptors (Lipinski definition) is 4. The molecule has 1 heterocycles. The van der Waals surface area contributed by atoms with Crippen molar-refractivity contribution in [3.63, 3.8) is 0 Å². The van der Waals surface area contributed by atoms with Crippen molar-refractivity contribution in [1.82, 2.24) is 4.31 Å². The fourth-order valence-electron chi connectivity index (χ4n) is 2.43. The van der Waals surface area contributed by atoms with E-state index in [1.54, 1.807) is 0 Å². The molecular weight excluding hydrogens is 344 g/mol. The van der Waals surface area contributed by atoms with E-state index in [2.05, 4.69) is 4.74 Å². The predicted octanol–water partition coefficient (Wildman–Crippen LogP) is 0.890. The van der Waals surface area contributed by atoms with Gasteiger partial charge < -0.3 is 10.5 Å². The van der Waals surface area contributed by atoms with Crippen molar-refractivity contribution in [3.8, 4) is 5.75 Å². The molecule has 1 amide bonds. The third kappa shape index (κ3) is 2.63. The number of methoxy groups -OCH3 is 1. The first kappa shape index (κ1) is 17.5. The molecule has 2 N–H and O–H groups in total. The summed E-state index contributed by atoms with van der Waals surface area (Å²) in [5.41, 5.74) is 5.04. The molecule has 0 spiro atoms. The van der Waals surface area contributed by atoms with Gasteiger partial charge in [-0.2, -0.15) is 13.1 Å². The average Bonchev–Trinajstić information content (AvgIpc) is 2.96. The number of amides is 1. The van der Waals surface area contributed by atoms with Crippen molar-refractivity contribution >= 4 is 15.9 Å². The SMILES string of the molecule is COc1c(F)c(F)c(S(=O)(=O)N2CCCC2C(N)=O)c(F)c1F. The third-order valence-electron chi connectivity index (χ3n) is 3.49. The van der Waals surface area contributed by atoms with Crippen LogP contribution >= 0.6 is 0 Å². The first-order valence-corrected chi connectivity index (χ1v) is 7.79. The lowest BCUT2D eigenvalue weighted by molar-refractivity contribution is -0.121. The zero-order chi connectivity index (χ0) is 17.5. The molecule has 1 aliphatic rings. The van der Waals surface area contributed by atoms with E-state index in [4.69, 9.17) is 5.73 Å². The molecule has 1 saturated heterocycles. The number of carbonyl (C=O) groups excluding carboxylic acids is 1. The zero-order valence-electron chi connectivity index (χ0n) is 11.8. The fraction of sp³-hybridized carbons (Fsp3) is 0.417. The summed E-state index contributed by atoms with van der Waals surface area (Å²) in [6.45, 7) is -0.260. The number of benzene rings is 1. The summed E-state index contributed by atoms with van der Waals surface area (Å²) in [6, 6.07) is -1.34. The highest BCUT2D eigenvalue weighted by Crippen LogP contribution is 2.35. The highest BCUT2D eigenvalue weighted by atomic mass is 32.2. The minimum Gasteiger partial charge on any atom is -0.491 e. The number of nitrogens with zero attached hydrogens (tertiary/aromatic N) is 1. The van der Waals surface area contributed by atoms with Gasteiger partial charge in [0.05, 0.1) is 7.11 Å². The Morgan fingerprint density at radius 3 is 2.13 bits per heavy atom. The van der Waals surface area contributed by atoms with Gasteiger partial charge in [-0.25, -0.2) is 17.2 Å². The smallest absolute Gasteiger partial charge is 0.249 e. The van der Waals surface area contributed by atoms with Crippen LogP contribution in [0.15, 0.2) is 4.90 Å². The lowest BCUT2D eigenvalue weighted by Gasteiger charge is -2.22. The van der Waals surface area contributed by atoms with Gasteiger partial charge in [-0.15, -0.1) is 0 Å². The predicted molar refractivity (Wildman–Crippen MR) is 68.9 cm³/mol. The Morgan fingerprint density at radius 2 is 1.70 bits per heavy atom. The van der Waals surface area contributed by atoms with Crippen LogP contribution in [0.5, 0.6) is 5.75 Å². The summed E-state index contributed by atoms with van der Waals surface area (Å²) in [5, 5.41) is 0. The standard InChI is InChI=1S/C12H12F4N2O4S/c1-22-10-6(13)8(15)11(9(16)7(10)14)23(20,21)18-4-2-3-5(18)12(17)19/h5H,2-4H2,1H3,(H2,17,19). The Morgan fingerprint density at radius 1 is 1.17 bits per heavy atom. The molecule has 1 aliphatic heterocycles. The Hall–Kier alpha value is -1.88. The van der Waals surface area contributed by atoms with Crippen LogP contribution in [-0.4, -0.2) is 38.3 Å². The molecule has 0 saturated carbocycles. The molecule has 6 nitrogen and oxygen atoms in total. The van der Waals surface area contributed by atoms with Gasteiger partial charge in [0.25, 0.3) is 0 Å². The maximum atomic E-state index is 14.0. The molecule has 1 aromatic carbocycles. The number of hydrogen-bond donors (Lipinski definition) is 1. The number of ether oxygens (including phenoxy) is 1. The van der Waals surface area contributed by atoms with Crippen LogP contribution in [0.2, 0.25) is 0 Å². The normalized spacial score (nSPS) is 19.1. The molecule has 11 heteroatoms. The van der Waals surface area contributed by atoms with Crippen molar-refractivity contribution < 1.29 is 35.5 Å². The summed E-state index contributed by atoms with van der Waals surface area (Å²) in [6.07, 6.45) is 0.246. The average molecular weight is 356 g/mol. The summed E-state index contributed by atoms with van der Waals surface area (Å²) in [7, 11) is -4.26. The van der Waals surface area contributed by atoms with E-state index >= 15 is 0 Å². The van der Waals surface area contributed by atoms with Crippen molar-refractivity contribution in [2.75, 3.05) is 13.7 Å². The number of nitrogens with two attached hydrogens (primary N) is 1. The van der Waals surface area contributed by atoms with Crippen molar-refractivity contribution in [3.05, 3.63) is 23.3 Å². The van der Waals surface area contributed by atoms with E-state index < -0.39 is 55.9 Å². The Balaban J connectivity index is 2.68. The van der Waals surface area contributed by atoms with Crippen LogP contribution in [-0.2, 0) is 14.8 Å². The molecule has 1 atom stereocenters. The van der Waals surface area contributed by atoms with Gasteiger partial charge in [-0.1, -0.05) is 0 Å². The first-order chi connectivity index (χ1) is 10.6. The van der Waals surface area contributed by atoms with E-state index in [0.29, 0.717) is 4.31 Å². The van der Waals surface area contributed by atoms with Crippen LogP contribution in [0.3, 0.4) is 0 Å². The summed E-state index contributed by atoms with van der Waals surface area (Å²) < 4.78 is 84.7. The number of primary amides is 1. The van der Waals surface area contributed by atoms with Crippen molar-refractivity contribution in [2.24, 2.45) is 5.73 Å². The summed E-state index contributed by atoms with van der Waals surface area (Å²) in [5.74, 6) is -10.6. The molecular formula is C12H12F4N2O4S. The summed E-state index contributed by atoms with van der Waals surface area (Å²) >= 11 is 0. The van der Waals surface area contributed by atoms with E-state index in [0.717, 1.165) is 7.11 Å². The van der Waals surface area contributed by atoms with Crippen LogP contribution < -0.4 is 10.5 Å². The molecule has 1 aromatic rings. The number of halogens is 4. The largest absolute Gasteiger partial charge is 0.491 e. The lowest BCUT2D eigenvalue weighted by atomic mass is 10.2. The molecule has 0 radical (unpaired) electrons. The van der Waals surface area contributed by atoms with Crippen LogP contribution in [0.1, 0.15) is 12.8 Å². The third-order valence-corrected chi connectivity index (χ3v) is 5.41. The minimum absolute atomic E-state index is 0.0406. The number of sulfonamides is 1. The molecule has 0 aliphatic carbocycles.